The summed E-state index contributed by atoms with van der Waals surface area (Å²) >= 11 is 1.87. The molecule has 0 radical (unpaired) electrons. The van der Waals surface area contributed by atoms with Gasteiger partial charge >= 0.3 is 0 Å². The molecule has 0 spiro atoms. The third-order valence-electron chi connectivity index (χ3n) is 2.30. The maximum atomic E-state index is 3.36. The van der Waals surface area contributed by atoms with Crippen LogP contribution in [-0.4, -0.2) is 30.5 Å². The molecule has 76 valence electrons. The third-order valence-corrected chi connectivity index (χ3v) is 3.39. The lowest BCUT2D eigenvalue weighted by atomic mass is 10.2. The van der Waals surface area contributed by atoms with Gasteiger partial charge in [0.1, 0.15) is 0 Å². The number of piperazine rings is 1. The van der Waals surface area contributed by atoms with E-state index in [9.17, 15) is 0 Å². The minimum atomic E-state index is 1.11. The summed E-state index contributed by atoms with van der Waals surface area (Å²) in [7, 11) is 0. The van der Waals surface area contributed by atoms with Gasteiger partial charge in [-0.3, -0.25) is 0 Å². The number of rotatable bonds is 2. The van der Waals surface area contributed by atoms with E-state index in [1.165, 1.54) is 10.5 Å². The second-order valence-electron chi connectivity index (χ2n) is 3.59. The standard InChI is InChI=1S/C11H16N2S/c1-10-3-2-4-11(9-10)14-13-7-5-12-6-8-13/h2-4,9,12H,5-8H2,1H3. The monoisotopic (exact) mass is 208 g/mol. The third kappa shape index (κ3) is 2.74. The first-order chi connectivity index (χ1) is 6.84. The van der Waals surface area contributed by atoms with Gasteiger partial charge in [-0.15, -0.1) is 0 Å². The van der Waals surface area contributed by atoms with E-state index in [0.29, 0.717) is 0 Å². The van der Waals surface area contributed by atoms with Gasteiger partial charge in [0.2, 0.25) is 0 Å². The topological polar surface area (TPSA) is 15.3 Å². The maximum absolute atomic E-state index is 3.36. The van der Waals surface area contributed by atoms with Crippen LogP contribution in [0.4, 0.5) is 0 Å². The fourth-order valence-corrected chi connectivity index (χ4v) is 2.60. The second kappa shape index (κ2) is 4.82. The summed E-state index contributed by atoms with van der Waals surface area (Å²) in [5, 5.41) is 3.36. The van der Waals surface area contributed by atoms with E-state index < -0.39 is 0 Å². The Bertz CT molecular complexity index is 295. The average molecular weight is 208 g/mol. The normalized spacial score (nSPS) is 18.4. The lowest BCUT2D eigenvalue weighted by molar-refractivity contribution is 0.396. The Morgan fingerprint density at radius 2 is 2.07 bits per heavy atom. The Kier molecular flexibility index (Phi) is 3.45. The fourth-order valence-electron chi connectivity index (χ4n) is 1.56. The summed E-state index contributed by atoms with van der Waals surface area (Å²) in [5.41, 5.74) is 1.34. The smallest absolute Gasteiger partial charge is 0.0232 e. The van der Waals surface area contributed by atoms with E-state index in [1.54, 1.807) is 0 Å². The molecule has 1 aromatic carbocycles. The van der Waals surface area contributed by atoms with Crippen molar-refractivity contribution in [3.05, 3.63) is 29.8 Å². The Morgan fingerprint density at radius 1 is 1.29 bits per heavy atom. The lowest BCUT2D eigenvalue weighted by Crippen LogP contribution is -2.39. The van der Waals surface area contributed by atoms with E-state index in [2.05, 4.69) is 40.8 Å². The zero-order chi connectivity index (χ0) is 9.80. The molecule has 0 amide bonds. The van der Waals surface area contributed by atoms with Crippen molar-refractivity contribution in [3.8, 4) is 0 Å². The Balaban J connectivity index is 1.95. The highest BCUT2D eigenvalue weighted by molar-refractivity contribution is 7.97. The van der Waals surface area contributed by atoms with E-state index in [4.69, 9.17) is 0 Å². The molecule has 1 heterocycles. The minimum Gasteiger partial charge on any atom is -0.314 e. The number of nitrogens with zero attached hydrogens (tertiary/aromatic N) is 1. The maximum Gasteiger partial charge on any atom is 0.0232 e. The molecule has 0 bridgehead atoms. The first kappa shape index (κ1) is 10.0. The van der Waals surface area contributed by atoms with E-state index in [1.807, 2.05) is 11.9 Å². The zero-order valence-corrected chi connectivity index (χ0v) is 9.31. The molecule has 1 aliphatic rings. The highest BCUT2D eigenvalue weighted by Crippen LogP contribution is 2.23. The molecule has 14 heavy (non-hydrogen) atoms. The first-order valence-corrected chi connectivity index (χ1v) is 5.82. The molecule has 1 fully saturated rings. The van der Waals surface area contributed by atoms with Crippen molar-refractivity contribution in [2.45, 2.75) is 11.8 Å². The molecule has 0 unspecified atom stereocenters. The van der Waals surface area contributed by atoms with Crippen LogP contribution in [0, 0.1) is 6.92 Å². The molecule has 1 aliphatic heterocycles. The summed E-state index contributed by atoms with van der Waals surface area (Å²) in [6, 6.07) is 8.69. The van der Waals surface area contributed by atoms with E-state index in [0.717, 1.165) is 26.2 Å². The molecule has 1 aromatic rings. The number of hydrogen-bond acceptors (Lipinski definition) is 3. The highest BCUT2D eigenvalue weighted by atomic mass is 32.2. The van der Waals surface area contributed by atoms with Gasteiger partial charge in [0.15, 0.2) is 0 Å². The molecule has 1 saturated heterocycles. The number of nitrogens with one attached hydrogen (secondary N) is 1. The summed E-state index contributed by atoms with van der Waals surface area (Å²) in [6.45, 7) is 6.64. The first-order valence-electron chi connectivity index (χ1n) is 5.05. The molecule has 1 N–H and O–H groups in total. The van der Waals surface area contributed by atoms with Crippen molar-refractivity contribution in [1.29, 1.82) is 0 Å². The largest absolute Gasteiger partial charge is 0.314 e. The minimum absolute atomic E-state index is 1.11. The van der Waals surface area contributed by atoms with Crippen LogP contribution >= 0.6 is 11.9 Å². The molecule has 0 aliphatic carbocycles. The van der Waals surface area contributed by atoms with Crippen LogP contribution in [0.15, 0.2) is 29.2 Å². The SMILES string of the molecule is Cc1cccc(SN2CCNCC2)c1. The lowest BCUT2D eigenvalue weighted by Gasteiger charge is -2.25. The zero-order valence-electron chi connectivity index (χ0n) is 8.49. The van der Waals surface area contributed by atoms with Crippen LogP contribution in [0.1, 0.15) is 5.56 Å². The Morgan fingerprint density at radius 3 is 2.79 bits per heavy atom. The Labute approximate surface area is 89.8 Å². The van der Waals surface area contributed by atoms with Crippen LogP contribution in [0.25, 0.3) is 0 Å². The highest BCUT2D eigenvalue weighted by Gasteiger charge is 2.10. The van der Waals surface area contributed by atoms with Crippen LogP contribution < -0.4 is 5.32 Å². The van der Waals surface area contributed by atoms with Crippen molar-refractivity contribution < 1.29 is 0 Å². The van der Waals surface area contributed by atoms with Crippen LogP contribution in [-0.2, 0) is 0 Å². The summed E-state index contributed by atoms with van der Waals surface area (Å²) in [5.74, 6) is 0. The van der Waals surface area contributed by atoms with Crippen LogP contribution in [0.2, 0.25) is 0 Å². The van der Waals surface area contributed by atoms with Gasteiger partial charge in [-0.05, 0) is 36.6 Å². The van der Waals surface area contributed by atoms with Gasteiger partial charge in [-0.25, -0.2) is 4.31 Å². The van der Waals surface area contributed by atoms with Gasteiger partial charge in [-0.2, -0.15) is 0 Å². The van der Waals surface area contributed by atoms with Gasteiger partial charge in [-0.1, -0.05) is 12.1 Å². The molecule has 0 aromatic heterocycles. The predicted molar refractivity (Wildman–Crippen MR) is 61.5 cm³/mol. The summed E-state index contributed by atoms with van der Waals surface area (Å²) < 4.78 is 2.42. The van der Waals surface area contributed by atoms with Crippen molar-refractivity contribution in [1.82, 2.24) is 9.62 Å². The fraction of sp³-hybridized carbons (Fsp3) is 0.455. The quantitative estimate of drug-likeness (QED) is 0.747. The van der Waals surface area contributed by atoms with E-state index in [-0.39, 0.29) is 0 Å². The summed E-state index contributed by atoms with van der Waals surface area (Å²) in [4.78, 5) is 1.35. The van der Waals surface area contributed by atoms with Gasteiger partial charge in [0.25, 0.3) is 0 Å². The van der Waals surface area contributed by atoms with Crippen molar-refractivity contribution >= 4 is 11.9 Å². The van der Waals surface area contributed by atoms with Gasteiger partial charge in [0.05, 0.1) is 0 Å². The van der Waals surface area contributed by atoms with Crippen molar-refractivity contribution in [2.75, 3.05) is 26.2 Å². The van der Waals surface area contributed by atoms with Crippen LogP contribution in [0.3, 0.4) is 0 Å². The van der Waals surface area contributed by atoms with Crippen LogP contribution in [0.5, 0.6) is 0 Å². The Hall–Kier alpha value is -0.510. The van der Waals surface area contributed by atoms with Crippen molar-refractivity contribution in [3.63, 3.8) is 0 Å². The molecule has 0 atom stereocenters. The molecule has 2 rings (SSSR count). The number of aryl methyl sites for hydroxylation is 1. The molecule has 0 saturated carbocycles. The van der Waals surface area contributed by atoms with Crippen molar-refractivity contribution in [2.24, 2.45) is 0 Å². The molecule has 3 heteroatoms. The van der Waals surface area contributed by atoms with E-state index >= 15 is 0 Å². The predicted octanol–water partition coefficient (Wildman–Crippen LogP) is 1.91. The second-order valence-corrected chi connectivity index (χ2v) is 4.76. The average Bonchev–Trinajstić information content (AvgIpc) is 2.19. The molecular weight excluding hydrogens is 192 g/mol. The molecular formula is C11H16N2S. The number of hydrogen-bond donors (Lipinski definition) is 1. The number of benzene rings is 1. The summed E-state index contributed by atoms with van der Waals surface area (Å²) in [6.07, 6.45) is 0. The van der Waals surface area contributed by atoms with Gasteiger partial charge < -0.3 is 5.32 Å². The molecule has 2 nitrogen and oxygen atoms in total. The van der Waals surface area contributed by atoms with Gasteiger partial charge in [0, 0.05) is 31.1 Å².